The van der Waals surface area contributed by atoms with Crippen molar-refractivity contribution in [1.82, 2.24) is 0 Å². The quantitative estimate of drug-likeness (QED) is 0.521. The molecule has 1 heteroatoms. The SMILES string of the molecule is CC1=C([C]=O)CCCC1. The Kier molecular flexibility index (Phi) is 2.04. The lowest BCUT2D eigenvalue weighted by molar-refractivity contribution is 0.555. The molecule has 0 aromatic carbocycles. The zero-order chi connectivity index (χ0) is 6.69. The summed E-state index contributed by atoms with van der Waals surface area (Å²) in [6.07, 6.45) is 6.45. The van der Waals surface area contributed by atoms with E-state index in [-0.39, 0.29) is 0 Å². The number of rotatable bonds is 1. The van der Waals surface area contributed by atoms with E-state index < -0.39 is 0 Å². The Balaban J connectivity index is 2.70. The van der Waals surface area contributed by atoms with Gasteiger partial charge in [0.1, 0.15) is 0 Å². The average Bonchev–Trinajstić information content (AvgIpc) is 1.89. The predicted molar refractivity (Wildman–Crippen MR) is 36.9 cm³/mol. The molecule has 9 heavy (non-hydrogen) atoms. The molecule has 0 aromatic rings. The van der Waals surface area contributed by atoms with Crippen molar-refractivity contribution in [3.05, 3.63) is 11.1 Å². The Morgan fingerprint density at radius 2 is 2.00 bits per heavy atom. The van der Waals surface area contributed by atoms with Gasteiger partial charge in [-0.25, -0.2) is 0 Å². The van der Waals surface area contributed by atoms with E-state index in [2.05, 4.69) is 0 Å². The van der Waals surface area contributed by atoms with E-state index in [1.54, 1.807) is 0 Å². The van der Waals surface area contributed by atoms with Crippen molar-refractivity contribution in [2.24, 2.45) is 0 Å². The van der Waals surface area contributed by atoms with Gasteiger partial charge in [-0.1, -0.05) is 5.57 Å². The highest BCUT2D eigenvalue weighted by Crippen LogP contribution is 2.22. The van der Waals surface area contributed by atoms with E-state index in [1.807, 2.05) is 13.2 Å². The maximum atomic E-state index is 10.2. The molecule has 1 nitrogen and oxygen atoms in total. The Labute approximate surface area is 55.8 Å². The van der Waals surface area contributed by atoms with Gasteiger partial charge in [0.2, 0.25) is 6.29 Å². The van der Waals surface area contributed by atoms with Crippen LogP contribution in [-0.4, -0.2) is 6.29 Å². The zero-order valence-electron chi connectivity index (χ0n) is 5.74. The van der Waals surface area contributed by atoms with Crippen LogP contribution in [0.3, 0.4) is 0 Å². The second-order valence-electron chi connectivity index (χ2n) is 2.57. The fourth-order valence-electron chi connectivity index (χ4n) is 1.19. The minimum Gasteiger partial charge on any atom is -0.285 e. The minimum absolute atomic E-state index is 0.918. The van der Waals surface area contributed by atoms with Crippen LogP contribution in [-0.2, 0) is 4.79 Å². The summed E-state index contributed by atoms with van der Waals surface area (Å²) >= 11 is 0. The summed E-state index contributed by atoms with van der Waals surface area (Å²) in [4.78, 5) is 10.2. The third-order valence-corrected chi connectivity index (χ3v) is 1.87. The fraction of sp³-hybridized carbons (Fsp3) is 0.625. The molecule has 0 N–H and O–H groups in total. The lowest BCUT2D eigenvalue weighted by Gasteiger charge is -2.11. The molecule has 0 fully saturated rings. The van der Waals surface area contributed by atoms with Gasteiger partial charge in [-0.2, -0.15) is 0 Å². The molecule has 1 aliphatic carbocycles. The van der Waals surface area contributed by atoms with Gasteiger partial charge < -0.3 is 0 Å². The predicted octanol–water partition coefficient (Wildman–Crippen LogP) is 1.99. The smallest absolute Gasteiger partial charge is 0.229 e. The normalized spacial score (nSPS) is 20.1. The first-order valence-corrected chi connectivity index (χ1v) is 3.41. The van der Waals surface area contributed by atoms with Crippen molar-refractivity contribution in [2.75, 3.05) is 0 Å². The highest BCUT2D eigenvalue weighted by atomic mass is 16.1. The van der Waals surface area contributed by atoms with Gasteiger partial charge in [0.25, 0.3) is 0 Å². The Morgan fingerprint density at radius 3 is 2.44 bits per heavy atom. The van der Waals surface area contributed by atoms with E-state index in [1.165, 1.54) is 18.4 Å². The standard InChI is InChI=1S/C8H11O/c1-7-4-2-3-5-8(7)6-9/h2-5H2,1H3. The van der Waals surface area contributed by atoms with E-state index in [9.17, 15) is 4.79 Å². The molecule has 1 rings (SSSR count). The van der Waals surface area contributed by atoms with Gasteiger partial charge >= 0.3 is 0 Å². The van der Waals surface area contributed by atoms with Crippen LogP contribution >= 0.6 is 0 Å². The van der Waals surface area contributed by atoms with Crippen LogP contribution in [0.25, 0.3) is 0 Å². The molecule has 49 valence electrons. The molecule has 0 spiro atoms. The molecule has 1 aliphatic rings. The lowest BCUT2D eigenvalue weighted by atomic mass is 9.94. The maximum absolute atomic E-state index is 10.2. The molecule has 0 heterocycles. The summed E-state index contributed by atoms with van der Waals surface area (Å²) in [5.74, 6) is 0. The number of hydrogen-bond acceptors (Lipinski definition) is 1. The van der Waals surface area contributed by atoms with Gasteiger partial charge in [-0.05, 0) is 32.6 Å². The number of carbonyl (C=O) groups excluding carboxylic acids is 1. The summed E-state index contributed by atoms with van der Waals surface area (Å²) in [6.45, 7) is 2.03. The summed E-state index contributed by atoms with van der Waals surface area (Å²) in [5.41, 5.74) is 2.16. The first-order chi connectivity index (χ1) is 4.34. The van der Waals surface area contributed by atoms with Crippen molar-refractivity contribution >= 4 is 6.29 Å². The molecule has 0 bridgehead atoms. The molecule has 1 radical (unpaired) electrons. The van der Waals surface area contributed by atoms with Crippen molar-refractivity contribution < 1.29 is 4.79 Å². The van der Waals surface area contributed by atoms with E-state index in [0.717, 1.165) is 18.4 Å². The van der Waals surface area contributed by atoms with E-state index in [4.69, 9.17) is 0 Å². The largest absolute Gasteiger partial charge is 0.285 e. The second-order valence-corrected chi connectivity index (χ2v) is 2.57. The summed E-state index contributed by atoms with van der Waals surface area (Å²) < 4.78 is 0. The molecule has 0 aliphatic heterocycles. The topological polar surface area (TPSA) is 17.1 Å². The summed E-state index contributed by atoms with van der Waals surface area (Å²) in [6, 6.07) is 0. The van der Waals surface area contributed by atoms with Crippen LogP contribution in [0.4, 0.5) is 0 Å². The molecule has 0 unspecified atom stereocenters. The van der Waals surface area contributed by atoms with Crippen LogP contribution in [0, 0.1) is 0 Å². The molecule has 0 aromatic heterocycles. The first kappa shape index (κ1) is 6.53. The molecule has 0 atom stereocenters. The monoisotopic (exact) mass is 123 g/mol. The Bertz CT molecular complexity index is 145. The number of allylic oxidation sites excluding steroid dienone is 2. The average molecular weight is 123 g/mol. The first-order valence-electron chi connectivity index (χ1n) is 3.41. The van der Waals surface area contributed by atoms with E-state index >= 15 is 0 Å². The van der Waals surface area contributed by atoms with Crippen LogP contribution in [0.15, 0.2) is 11.1 Å². The lowest BCUT2D eigenvalue weighted by Crippen LogP contribution is -1.97. The van der Waals surface area contributed by atoms with Gasteiger partial charge in [0.05, 0.1) is 0 Å². The minimum atomic E-state index is 0.918. The number of hydrogen-bond donors (Lipinski definition) is 0. The van der Waals surface area contributed by atoms with Crippen molar-refractivity contribution in [1.29, 1.82) is 0 Å². The van der Waals surface area contributed by atoms with Crippen molar-refractivity contribution in [2.45, 2.75) is 32.6 Å². The van der Waals surface area contributed by atoms with Gasteiger partial charge in [0, 0.05) is 5.57 Å². The second kappa shape index (κ2) is 2.81. The van der Waals surface area contributed by atoms with E-state index in [0.29, 0.717) is 0 Å². The highest BCUT2D eigenvalue weighted by Gasteiger charge is 2.07. The van der Waals surface area contributed by atoms with Crippen LogP contribution in [0.1, 0.15) is 32.6 Å². The maximum Gasteiger partial charge on any atom is 0.229 e. The van der Waals surface area contributed by atoms with Gasteiger partial charge in [0.15, 0.2) is 0 Å². The third kappa shape index (κ3) is 1.41. The summed E-state index contributed by atoms with van der Waals surface area (Å²) in [5, 5.41) is 0. The van der Waals surface area contributed by atoms with Crippen molar-refractivity contribution in [3.8, 4) is 0 Å². The molecular weight excluding hydrogens is 112 g/mol. The molecule has 0 saturated carbocycles. The molecular formula is C8H11O. The Morgan fingerprint density at radius 1 is 1.33 bits per heavy atom. The van der Waals surface area contributed by atoms with Crippen LogP contribution in [0.2, 0.25) is 0 Å². The fourth-order valence-corrected chi connectivity index (χ4v) is 1.19. The van der Waals surface area contributed by atoms with Crippen LogP contribution in [0.5, 0.6) is 0 Å². The van der Waals surface area contributed by atoms with Crippen LogP contribution < -0.4 is 0 Å². The van der Waals surface area contributed by atoms with Gasteiger partial charge in [-0.3, -0.25) is 4.79 Å². The van der Waals surface area contributed by atoms with Crippen molar-refractivity contribution in [3.63, 3.8) is 0 Å². The molecule has 0 amide bonds. The third-order valence-electron chi connectivity index (χ3n) is 1.87. The highest BCUT2D eigenvalue weighted by molar-refractivity contribution is 5.75. The zero-order valence-corrected chi connectivity index (χ0v) is 5.74. The van der Waals surface area contributed by atoms with Gasteiger partial charge in [-0.15, -0.1) is 0 Å². The summed E-state index contributed by atoms with van der Waals surface area (Å²) in [7, 11) is 0. The molecule has 0 saturated heterocycles. The Hall–Kier alpha value is -0.590.